The molecule has 0 bridgehead atoms. The number of aliphatic hydroxyl groups is 1. The van der Waals surface area contributed by atoms with Crippen LogP contribution in [0, 0.1) is 11.8 Å². The number of nitrogens with zero attached hydrogens (tertiary/aromatic N) is 1. The largest absolute Gasteiger partial charge is 0.490 e. The fourth-order valence-electron chi connectivity index (χ4n) is 4.59. The second-order valence-corrected chi connectivity index (χ2v) is 9.44. The molecule has 1 fully saturated rings. The standard InChI is InChI=1S/C26H29Cl2NO4/c1-2-32-26(31)24-25(33-16-18-9-7-17(15-30)8-10-18)20-5-3-4-6-23(20)29(24)14-19-11-12-21(27)22(28)13-19/h3-6,11-13,17-18,30H,2,7-10,14-16H2,1H3. The monoisotopic (exact) mass is 489 g/mol. The first kappa shape index (κ1) is 23.9. The van der Waals surface area contributed by atoms with Gasteiger partial charge in [-0.15, -0.1) is 0 Å². The number of hydrogen-bond acceptors (Lipinski definition) is 4. The van der Waals surface area contributed by atoms with Crippen LogP contribution in [0.3, 0.4) is 0 Å². The molecular weight excluding hydrogens is 461 g/mol. The predicted molar refractivity (Wildman–Crippen MR) is 131 cm³/mol. The molecule has 0 saturated heterocycles. The van der Waals surface area contributed by atoms with Gasteiger partial charge >= 0.3 is 5.97 Å². The summed E-state index contributed by atoms with van der Waals surface area (Å²) in [7, 11) is 0. The Kier molecular flexibility index (Phi) is 7.84. The Labute approximate surface area is 204 Å². The smallest absolute Gasteiger partial charge is 0.358 e. The molecule has 4 rings (SSSR count). The average molecular weight is 490 g/mol. The molecule has 3 aromatic rings. The van der Waals surface area contributed by atoms with E-state index in [0.29, 0.717) is 46.5 Å². The average Bonchev–Trinajstić information content (AvgIpc) is 3.14. The highest BCUT2D eigenvalue weighted by Crippen LogP contribution is 2.37. The van der Waals surface area contributed by atoms with Crippen LogP contribution in [-0.2, 0) is 11.3 Å². The first-order chi connectivity index (χ1) is 16.0. The zero-order chi connectivity index (χ0) is 23.4. The van der Waals surface area contributed by atoms with Crippen molar-refractivity contribution in [1.29, 1.82) is 0 Å². The molecule has 0 unspecified atom stereocenters. The van der Waals surface area contributed by atoms with E-state index in [9.17, 15) is 9.90 Å². The van der Waals surface area contributed by atoms with Crippen LogP contribution in [0.2, 0.25) is 10.0 Å². The maximum Gasteiger partial charge on any atom is 0.358 e. The van der Waals surface area contributed by atoms with Gasteiger partial charge in [0.15, 0.2) is 11.4 Å². The van der Waals surface area contributed by atoms with Crippen molar-refractivity contribution in [2.45, 2.75) is 39.2 Å². The predicted octanol–water partition coefficient (Wildman–Crippen LogP) is 6.35. The molecule has 1 heterocycles. The fourth-order valence-corrected chi connectivity index (χ4v) is 4.91. The number of rotatable bonds is 8. The summed E-state index contributed by atoms with van der Waals surface area (Å²) in [6, 6.07) is 13.3. The van der Waals surface area contributed by atoms with Crippen LogP contribution in [0.15, 0.2) is 42.5 Å². The molecule has 0 aliphatic heterocycles. The zero-order valence-electron chi connectivity index (χ0n) is 18.7. The Balaban J connectivity index is 1.69. The van der Waals surface area contributed by atoms with Gasteiger partial charge in [0.2, 0.25) is 0 Å². The number of carbonyl (C=O) groups excluding carboxylic acids is 1. The molecule has 1 aromatic heterocycles. The van der Waals surface area contributed by atoms with E-state index in [4.69, 9.17) is 32.7 Å². The van der Waals surface area contributed by atoms with Gasteiger partial charge in [-0.25, -0.2) is 4.79 Å². The molecule has 0 atom stereocenters. The van der Waals surface area contributed by atoms with Crippen molar-refractivity contribution in [3.8, 4) is 5.75 Å². The van der Waals surface area contributed by atoms with Gasteiger partial charge in [-0.2, -0.15) is 0 Å². The van der Waals surface area contributed by atoms with Crippen molar-refractivity contribution in [3.63, 3.8) is 0 Å². The van der Waals surface area contributed by atoms with Crippen molar-refractivity contribution < 1.29 is 19.4 Å². The number of aliphatic hydroxyl groups excluding tert-OH is 1. The van der Waals surface area contributed by atoms with Gasteiger partial charge in [-0.1, -0.05) is 41.4 Å². The van der Waals surface area contributed by atoms with Gasteiger partial charge in [0.1, 0.15) is 0 Å². The molecule has 1 N–H and O–H groups in total. The van der Waals surface area contributed by atoms with Gasteiger partial charge in [0, 0.05) is 18.5 Å². The van der Waals surface area contributed by atoms with E-state index in [1.165, 1.54) is 0 Å². The summed E-state index contributed by atoms with van der Waals surface area (Å²) >= 11 is 12.3. The number of esters is 1. The molecule has 0 amide bonds. The number of ether oxygens (including phenoxy) is 2. The van der Waals surface area contributed by atoms with Crippen molar-refractivity contribution in [1.82, 2.24) is 4.57 Å². The maximum absolute atomic E-state index is 13.1. The Morgan fingerprint density at radius 2 is 1.79 bits per heavy atom. The summed E-state index contributed by atoms with van der Waals surface area (Å²) in [6.45, 7) is 3.28. The molecule has 33 heavy (non-hydrogen) atoms. The molecule has 2 aromatic carbocycles. The van der Waals surface area contributed by atoms with Crippen LogP contribution >= 0.6 is 23.2 Å². The SMILES string of the molecule is CCOC(=O)c1c(OCC2CCC(CO)CC2)c2ccccc2n1Cc1ccc(Cl)c(Cl)c1. The third-order valence-electron chi connectivity index (χ3n) is 6.41. The topological polar surface area (TPSA) is 60.7 Å². The second-order valence-electron chi connectivity index (χ2n) is 8.63. The van der Waals surface area contributed by atoms with Crippen LogP contribution in [0.5, 0.6) is 5.75 Å². The number of para-hydroxylation sites is 1. The van der Waals surface area contributed by atoms with Gasteiger partial charge in [0.05, 0.1) is 28.8 Å². The highest BCUT2D eigenvalue weighted by Gasteiger charge is 2.27. The minimum absolute atomic E-state index is 0.253. The van der Waals surface area contributed by atoms with E-state index in [0.717, 1.165) is 42.1 Å². The van der Waals surface area contributed by atoms with Crippen LogP contribution in [0.1, 0.15) is 48.7 Å². The van der Waals surface area contributed by atoms with E-state index in [2.05, 4.69) is 0 Å². The lowest BCUT2D eigenvalue weighted by Crippen LogP contribution is -2.22. The van der Waals surface area contributed by atoms with Gasteiger partial charge in [0.25, 0.3) is 0 Å². The lowest BCUT2D eigenvalue weighted by molar-refractivity contribution is 0.0508. The van der Waals surface area contributed by atoms with E-state index in [-0.39, 0.29) is 13.2 Å². The van der Waals surface area contributed by atoms with Crippen molar-refractivity contribution >= 4 is 40.1 Å². The molecular formula is C26H29Cl2NO4. The number of benzene rings is 2. The zero-order valence-corrected chi connectivity index (χ0v) is 20.2. The third-order valence-corrected chi connectivity index (χ3v) is 7.14. The summed E-state index contributed by atoms with van der Waals surface area (Å²) in [5, 5.41) is 11.2. The van der Waals surface area contributed by atoms with Gasteiger partial charge < -0.3 is 19.1 Å². The molecule has 5 nitrogen and oxygen atoms in total. The molecule has 7 heteroatoms. The normalized spacial score (nSPS) is 18.4. The minimum Gasteiger partial charge on any atom is -0.490 e. The number of aromatic nitrogens is 1. The highest BCUT2D eigenvalue weighted by atomic mass is 35.5. The van der Waals surface area contributed by atoms with Crippen LogP contribution in [0.4, 0.5) is 0 Å². The van der Waals surface area contributed by atoms with E-state index in [1.807, 2.05) is 41.0 Å². The molecule has 1 aliphatic rings. The molecule has 1 saturated carbocycles. The van der Waals surface area contributed by atoms with Crippen LogP contribution < -0.4 is 4.74 Å². The number of fused-ring (bicyclic) bond motifs is 1. The number of halogens is 2. The molecule has 1 aliphatic carbocycles. The highest BCUT2D eigenvalue weighted by molar-refractivity contribution is 6.42. The molecule has 176 valence electrons. The van der Waals surface area contributed by atoms with E-state index in [1.54, 1.807) is 13.0 Å². The van der Waals surface area contributed by atoms with Gasteiger partial charge in [-0.05, 0) is 74.3 Å². The van der Waals surface area contributed by atoms with E-state index >= 15 is 0 Å². The Morgan fingerprint density at radius 3 is 2.48 bits per heavy atom. The minimum atomic E-state index is -0.409. The molecule has 0 spiro atoms. The lowest BCUT2D eigenvalue weighted by atomic mass is 9.83. The van der Waals surface area contributed by atoms with Gasteiger partial charge in [-0.3, -0.25) is 0 Å². The van der Waals surface area contributed by atoms with E-state index < -0.39 is 5.97 Å². The van der Waals surface area contributed by atoms with Crippen LogP contribution in [0.25, 0.3) is 10.9 Å². The fraction of sp³-hybridized carbons (Fsp3) is 0.423. The quantitative estimate of drug-likeness (QED) is 0.374. The summed E-state index contributed by atoms with van der Waals surface area (Å²) in [5.74, 6) is 0.950. The number of hydrogen-bond donors (Lipinski definition) is 1. The lowest BCUT2D eigenvalue weighted by Gasteiger charge is -2.27. The first-order valence-electron chi connectivity index (χ1n) is 11.5. The Bertz CT molecular complexity index is 1120. The maximum atomic E-state index is 13.1. The number of carbonyl (C=O) groups is 1. The summed E-state index contributed by atoms with van der Waals surface area (Å²) < 4.78 is 13.7. The first-order valence-corrected chi connectivity index (χ1v) is 12.2. The Morgan fingerprint density at radius 1 is 1.06 bits per heavy atom. The Hall–Kier alpha value is -2.21. The third kappa shape index (κ3) is 5.32. The van der Waals surface area contributed by atoms with Crippen molar-refractivity contribution in [2.75, 3.05) is 19.8 Å². The summed E-state index contributed by atoms with van der Waals surface area (Å²) in [5.41, 5.74) is 2.23. The summed E-state index contributed by atoms with van der Waals surface area (Å²) in [4.78, 5) is 13.1. The van der Waals surface area contributed by atoms with Crippen molar-refractivity contribution in [2.24, 2.45) is 11.8 Å². The summed E-state index contributed by atoms with van der Waals surface area (Å²) in [6.07, 6.45) is 4.05. The van der Waals surface area contributed by atoms with Crippen LogP contribution in [-0.4, -0.2) is 35.5 Å². The molecule has 0 radical (unpaired) electrons. The second kappa shape index (κ2) is 10.8. The van der Waals surface area contributed by atoms with Crippen molar-refractivity contribution in [3.05, 3.63) is 63.8 Å².